The number of nitrogens with zero attached hydrogens (tertiary/aromatic N) is 6. The zero-order valence-corrected chi connectivity index (χ0v) is 23.2. The van der Waals surface area contributed by atoms with E-state index in [1.165, 1.54) is 6.08 Å². The summed E-state index contributed by atoms with van der Waals surface area (Å²) in [6.45, 7) is 7.54. The Kier molecular flexibility index (Phi) is 7.27. The lowest BCUT2D eigenvalue weighted by molar-refractivity contribution is -0.125. The quantitative estimate of drug-likeness (QED) is 0.488. The maximum Gasteiger partial charge on any atom is 0.280 e. The number of carbonyl (C=O) groups excluding carboxylic acids is 2. The third-order valence-corrected chi connectivity index (χ3v) is 7.58. The molecule has 0 aliphatic carbocycles. The van der Waals surface area contributed by atoms with Crippen LogP contribution in [0.1, 0.15) is 35.3 Å². The monoisotopic (exact) mass is 555 g/mol. The van der Waals surface area contributed by atoms with Gasteiger partial charge in [-0.25, -0.2) is 4.68 Å². The third kappa shape index (κ3) is 5.45. The predicted molar refractivity (Wildman–Crippen MR) is 155 cm³/mol. The van der Waals surface area contributed by atoms with Crippen molar-refractivity contribution in [2.45, 2.75) is 38.4 Å². The maximum absolute atomic E-state index is 13.6. The van der Waals surface area contributed by atoms with Gasteiger partial charge >= 0.3 is 0 Å². The first-order valence-electron chi connectivity index (χ1n) is 13.9. The fourth-order valence-corrected chi connectivity index (χ4v) is 5.58. The summed E-state index contributed by atoms with van der Waals surface area (Å²) < 4.78 is 14.5. The molecule has 41 heavy (non-hydrogen) atoms. The highest BCUT2D eigenvalue weighted by Gasteiger charge is 2.32. The molecule has 2 atom stereocenters. The van der Waals surface area contributed by atoms with Gasteiger partial charge in [0.05, 0.1) is 54.2 Å². The number of fused-ring (bicyclic) bond motifs is 7. The van der Waals surface area contributed by atoms with Crippen molar-refractivity contribution in [3.63, 3.8) is 0 Å². The molecule has 3 aliphatic heterocycles. The number of pyridine rings is 1. The van der Waals surface area contributed by atoms with Crippen molar-refractivity contribution in [2.75, 3.05) is 36.5 Å². The number of anilines is 2. The summed E-state index contributed by atoms with van der Waals surface area (Å²) in [5.41, 5.74) is 4.23. The van der Waals surface area contributed by atoms with E-state index in [1.54, 1.807) is 27.9 Å². The van der Waals surface area contributed by atoms with Crippen molar-refractivity contribution >= 4 is 29.1 Å². The third-order valence-electron chi connectivity index (χ3n) is 7.58. The summed E-state index contributed by atoms with van der Waals surface area (Å²) in [5.74, 6) is 0.567. The van der Waals surface area contributed by atoms with E-state index in [9.17, 15) is 9.59 Å². The molecule has 3 aliphatic rings. The van der Waals surface area contributed by atoms with Gasteiger partial charge in [-0.2, -0.15) is 10.1 Å². The van der Waals surface area contributed by atoms with E-state index in [2.05, 4.69) is 27.0 Å². The molecule has 212 valence electrons. The molecule has 1 fully saturated rings. The van der Waals surface area contributed by atoms with Crippen molar-refractivity contribution in [2.24, 2.45) is 12.0 Å². The summed E-state index contributed by atoms with van der Waals surface area (Å²) in [4.78, 5) is 38.7. The molecule has 0 spiro atoms. The van der Waals surface area contributed by atoms with Gasteiger partial charge in [0.25, 0.3) is 5.91 Å². The van der Waals surface area contributed by atoms with Gasteiger partial charge in [0.1, 0.15) is 0 Å². The number of likely N-dealkylation sites (tertiary alicyclic amines) is 1. The molecule has 11 nitrogen and oxygen atoms in total. The molecule has 3 aromatic rings. The Morgan fingerprint density at radius 3 is 2.88 bits per heavy atom. The Bertz CT molecular complexity index is 1530. The number of aromatic nitrogens is 3. The fourth-order valence-electron chi connectivity index (χ4n) is 5.58. The van der Waals surface area contributed by atoms with Crippen LogP contribution in [0.5, 0.6) is 5.88 Å². The number of carbonyl (C=O) groups is 2. The minimum atomic E-state index is -0.384. The second kappa shape index (κ2) is 11.2. The van der Waals surface area contributed by atoms with Gasteiger partial charge in [-0.3, -0.25) is 14.6 Å². The average Bonchev–Trinajstić information content (AvgIpc) is 3.67. The van der Waals surface area contributed by atoms with Crippen LogP contribution in [0.2, 0.25) is 0 Å². The standard InChI is InChI=1S/C30H33N7O4/c1-4-27(38)36-12-11-22(17-36)41-21-8-7-13-40-29-23(16-31-35(29)3)25-15-20(14-19(2)32-25)28(39)34-30-33-24-9-5-6-10-26(24)37(30)18-21/h4-6,9-10,14-16,21-22H,1,7-8,11-13,17-18H2,2-3H3,(H,33,34,39). The van der Waals surface area contributed by atoms with E-state index < -0.39 is 0 Å². The summed E-state index contributed by atoms with van der Waals surface area (Å²) >= 11 is 0. The van der Waals surface area contributed by atoms with Gasteiger partial charge < -0.3 is 24.6 Å². The SMILES string of the molecule is C=CC(=O)N1CCC(OC2CCCOc3c(cnn3C)-c3cc(cc(C)n3)C(=O)/N=C3\Nc4ccccc4N3C2)C1. The van der Waals surface area contributed by atoms with Gasteiger partial charge in [0, 0.05) is 31.4 Å². The number of ether oxygens (including phenoxy) is 2. The van der Waals surface area contributed by atoms with Crippen molar-refractivity contribution < 1.29 is 19.1 Å². The number of para-hydroxylation sites is 2. The maximum atomic E-state index is 13.6. The highest BCUT2D eigenvalue weighted by Crippen LogP contribution is 2.34. The van der Waals surface area contributed by atoms with Gasteiger partial charge in [-0.1, -0.05) is 18.7 Å². The predicted octanol–water partition coefficient (Wildman–Crippen LogP) is 3.56. The first-order valence-corrected chi connectivity index (χ1v) is 13.9. The van der Waals surface area contributed by atoms with Crippen LogP contribution in [0.3, 0.4) is 0 Å². The molecule has 1 saturated heterocycles. The number of hydrogen-bond acceptors (Lipinski definition) is 8. The highest BCUT2D eigenvalue weighted by molar-refractivity contribution is 6.19. The lowest BCUT2D eigenvalue weighted by atomic mass is 10.1. The number of aryl methyl sites for hydroxylation is 2. The molecule has 2 bridgehead atoms. The molecule has 2 amide bonds. The van der Waals surface area contributed by atoms with Crippen LogP contribution in [-0.2, 0) is 16.6 Å². The van der Waals surface area contributed by atoms with E-state index in [1.807, 2.05) is 43.1 Å². The molecular formula is C30H33N7O4. The Morgan fingerprint density at radius 1 is 1.20 bits per heavy atom. The van der Waals surface area contributed by atoms with E-state index in [-0.39, 0.29) is 24.0 Å². The number of guanidine groups is 1. The van der Waals surface area contributed by atoms with Crippen molar-refractivity contribution in [1.82, 2.24) is 19.7 Å². The first kappa shape index (κ1) is 26.7. The van der Waals surface area contributed by atoms with E-state index in [0.29, 0.717) is 67.0 Å². The number of benzene rings is 1. The number of nitrogens with one attached hydrogen (secondary N) is 1. The van der Waals surface area contributed by atoms with Crippen LogP contribution in [0, 0.1) is 6.92 Å². The van der Waals surface area contributed by atoms with Crippen LogP contribution >= 0.6 is 0 Å². The second-order valence-electron chi connectivity index (χ2n) is 10.5. The molecule has 2 aromatic heterocycles. The molecule has 0 radical (unpaired) electrons. The summed E-state index contributed by atoms with van der Waals surface area (Å²) in [6, 6.07) is 11.3. The average molecular weight is 556 g/mol. The van der Waals surface area contributed by atoms with Gasteiger partial charge in [-0.05, 0) is 56.5 Å². The van der Waals surface area contributed by atoms with Gasteiger partial charge in [0.2, 0.25) is 17.7 Å². The molecule has 11 heteroatoms. The summed E-state index contributed by atoms with van der Waals surface area (Å²) in [6.07, 6.45) is 4.91. The van der Waals surface area contributed by atoms with Crippen molar-refractivity contribution in [1.29, 1.82) is 0 Å². The summed E-state index contributed by atoms with van der Waals surface area (Å²) in [5, 5.41) is 7.71. The number of aliphatic imine (C=N–C) groups is 1. The van der Waals surface area contributed by atoms with Crippen LogP contribution in [0.15, 0.2) is 60.2 Å². The molecule has 1 N–H and O–H groups in total. The second-order valence-corrected chi connectivity index (χ2v) is 10.5. The Hall–Kier alpha value is -4.51. The minimum Gasteiger partial charge on any atom is -0.477 e. The Balaban J connectivity index is 1.36. The van der Waals surface area contributed by atoms with Gasteiger partial charge in [-0.15, -0.1) is 0 Å². The molecule has 2 unspecified atom stereocenters. The van der Waals surface area contributed by atoms with Gasteiger partial charge in [0.15, 0.2) is 0 Å². The minimum absolute atomic E-state index is 0.0856. The zero-order valence-electron chi connectivity index (χ0n) is 23.2. The molecule has 0 saturated carbocycles. The van der Waals surface area contributed by atoms with Crippen LogP contribution in [-0.4, -0.2) is 75.9 Å². The number of rotatable bonds is 3. The smallest absolute Gasteiger partial charge is 0.280 e. The van der Waals surface area contributed by atoms with Crippen molar-refractivity contribution in [3.05, 3.63) is 66.5 Å². The van der Waals surface area contributed by atoms with Crippen LogP contribution in [0.25, 0.3) is 11.3 Å². The van der Waals surface area contributed by atoms with Crippen molar-refractivity contribution in [3.8, 4) is 17.1 Å². The van der Waals surface area contributed by atoms with Crippen LogP contribution < -0.4 is 15.0 Å². The summed E-state index contributed by atoms with van der Waals surface area (Å²) in [7, 11) is 1.82. The molecule has 5 heterocycles. The highest BCUT2D eigenvalue weighted by atomic mass is 16.5. The lowest BCUT2D eigenvalue weighted by Gasteiger charge is -2.28. The van der Waals surface area contributed by atoms with E-state index >= 15 is 0 Å². The first-order chi connectivity index (χ1) is 19.9. The van der Waals surface area contributed by atoms with E-state index in [4.69, 9.17) is 9.47 Å². The fraction of sp³-hybridized carbons (Fsp3) is 0.367. The topological polar surface area (TPSA) is 114 Å². The molecule has 1 aromatic carbocycles. The van der Waals surface area contributed by atoms with E-state index in [0.717, 1.165) is 24.2 Å². The number of hydrogen-bond donors (Lipinski definition) is 1. The zero-order chi connectivity index (χ0) is 28.5. The normalized spacial score (nSPS) is 21.8. The largest absolute Gasteiger partial charge is 0.477 e. The Morgan fingerprint density at radius 2 is 2.02 bits per heavy atom. The lowest BCUT2D eigenvalue weighted by Crippen LogP contribution is -2.41. The Labute approximate surface area is 238 Å². The number of amides is 2. The molecule has 6 rings (SSSR count). The van der Waals surface area contributed by atoms with Crippen LogP contribution in [0.4, 0.5) is 11.4 Å². The molecular weight excluding hydrogens is 522 g/mol.